The van der Waals surface area contributed by atoms with E-state index in [-0.39, 0.29) is 32.4 Å². The van der Waals surface area contributed by atoms with Gasteiger partial charge in [-0.1, -0.05) is 0 Å². The summed E-state index contributed by atoms with van der Waals surface area (Å²) in [6.45, 7) is 6.30. The molecule has 0 spiro atoms. The number of rotatable bonds is 4. The molecule has 2 N–H and O–H groups in total. The van der Waals surface area contributed by atoms with Gasteiger partial charge >= 0.3 is 142 Å². The van der Waals surface area contributed by atoms with Crippen molar-refractivity contribution in [1.29, 1.82) is 0 Å². The molecule has 0 unspecified atom stereocenters. The predicted octanol–water partition coefficient (Wildman–Crippen LogP) is -0.456. The van der Waals surface area contributed by atoms with Gasteiger partial charge in [0.25, 0.3) is 0 Å². The van der Waals surface area contributed by atoms with Crippen LogP contribution in [0.3, 0.4) is 0 Å². The zero-order chi connectivity index (χ0) is 16.2. The van der Waals surface area contributed by atoms with E-state index in [1.165, 1.54) is 0 Å². The third kappa shape index (κ3) is 4.25. The SMILES string of the molecule is C[I-][B]NC(=O)Nc1cc(C(C)(C)C)nn1-c1ccccc1. The molecule has 0 aliphatic heterocycles. The van der Waals surface area contributed by atoms with Gasteiger partial charge < -0.3 is 0 Å². The molecule has 1 aromatic heterocycles. The first-order valence-electron chi connectivity index (χ1n) is 6.95. The first-order chi connectivity index (χ1) is 10.4. The Balaban J connectivity index is 2.34. The Morgan fingerprint density at radius 1 is 1.27 bits per heavy atom. The van der Waals surface area contributed by atoms with Gasteiger partial charge in [-0.2, -0.15) is 0 Å². The quantitative estimate of drug-likeness (QED) is 0.408. The number of anilines is 1. The molecule has 2 aromatic rings. The maximum absolute atomic E-state index is 11.9. The van der Waals surface area contributed by atoms with Gasteiger partial charge in [0.2, 0.25) is 0 Å². The average Bonchev–Trinajstić information content (AvgIpc) is 2.90. The summed E-state index contributed by atoms with van der Waals surface area (Å²) >= 11 is -0.0879. The standard InChI is InChI=1S/C15H20BIN4O/c1-15(2,3)12-10-13(18-14(22)19-16-17-4)21(20-12)11-8-6-5-7-9-11/h5-10H,1-4H3,(H2,18,19,22)/q-1. The summed E-state index contributed by atoms with van der Waals surface area (Å²) in [5.41, 5.74) is 1.76. The number of nitrogens with zero attached hydrogens (tertiary/aromatic N) is 2. The molecule has 0 aliphatic carbocycles. The fourth-order valence-electron chi connectivity index (χ4n) is 1.86. The Morgan fingerprint density at radius 3 is 2.55 bits per heavy atom. The van der Waals surface area contributed by atoms with Gasteiger partial charge in [-0.3, -0.25) is 0 Å². The van der Waals surface area contributed by atoms with Crippen LogP contribution in [-0.4, -0.2) is 26.0 Å². The molecule has 0 saturated carbocycles. The van der Waals surface area contributed by atoms with Gasteiger partial charge in [-0.15, -0.1) is 0 Å². The number of aromatic nitrogens is 2. The number of amides is 2. The number of benzene rings is 1. The Bertz CT molecular complexity index is 637. The van der Waals surface area contributed by atoms with Gasteiger partial charge in [-0.05, 0) is 0 Å². The Labute approximate surface area is 142 Å². The molecule has 0 atom stereocenters. The molecule has 0 saturated heterocycles. The van der Waals surface area contributed by atoms with E-state index < -0.39 is 0 Å². The Hall–Kier alpha value is -1.51. The van der Waals surface area contributed by atoms with Crippen molar-refractivity contribution in [1.82, 2.24) is 15.0 Å². The van der Waals surface area contributed by atoms with Gasteiger partial charge in [0.15, 0.2) is 0 Å². The number of alkyl halides is 1. The second-order valence-corrected chi connectivity index (χ2v) is 7.71. The van der Waals surface area contributed by atoms with Gasteiger partial charge in [-0.25, -0.2) is 0 Å². The summed E-state index contributed by atoms with van der Waals surface area (Å²) in [4.78, 5) is 14.0. The number of carbonyl (C=O) groups excluding carboxylic acids is 1. The van der Waals surface area contributed by atoms with E-state index >= 15 is 0 Å². The van der Waals surface area contributed by atoms with Crippen LogP contribution in [0.15, 0.2) is 36.4 Å². The fraction of sp³-hybridized carbons (Fsp3) is 0.333. The Kier molecular flexibility index (Phi) is 5.49. The first kappa shape index (κ1) is 16.9. The number of hydrogen-bond donors (Lipinski definition) is 2. The van der Waals surface area contributed by atoms with Crippen LogP contribution >= 0.6 is 0 Å². The van der Waals surface area contributed by atoms with Crippen LogP contribution in [0, 0.1) is 0 Å². The number of carbonyl (C=O) groups is 1. The molecule has 0 fully saturated rings. The van der Waals surface area contributed by atoms with Crippen LogP contribution < -0.4 is 31.5 Å². The van der Waals surface area contributed by atoms with Crippen LogP contribution in [0.4, 0.5) is 10.6 Å². The molecular weight excluding hydrogens is 390 g/mol. The molecular formula is C15H20BIN4O-. The van der Waals surface area contributed by atoms with Gasteiger partial charge in [0.05, 0.1) is 0 Å². The number of hydrogen-bond acceptors (Lipinski definition) is 2. The third-order valence-corrected chi connectivity index (χ3v) is 3.95. The summed E-state index contributed by atoms with van der Waals surface area (Å²) in [5, 5.41) is 12.1. The van der Waals surface area contributed by atoms with E-state index in [1.54, 1.807) is 4.68 Å². The van der Waals surface area contributed by atoms with Crippen molar-refractivity contribution in [3.63, 3.8) is 0 Å². The maximum atomic E-state index is 11.9. The summed E-state index contributed by atoms with van der Waals surface area (Å²) in [7, 11) is 0. The number of nitrogens with one attached hydrogen (secondary N) is 2. The predicted molar refractivity (Wildman–Crippen MR) is 86.1 cm³/mol. The minimum absolute atomic E-state index is 0.0879. The molecule has 0 bridgehead atoms. The zero-order valence-corrected chi connectivity index (χ0v) is 15.4. The molecule has 2 rings (SSSR count). The summed E-state index contributed by atoms with van der Waals surface area (Å²) in [6, 6.07) is 11.5. The molecule has 1 radical (unpaired) electrons. The fourth-order valence-corrected chi connectivity index (χ4v) is 2.45. The molecule has 5 nitrogen and oxygen atoms in total. The van der Waals surface area contributed by atoms with Crippen LogP contribution in [0.5, 0.6) is 0 Å². The summed E-state index contributed by atoms with van der Waals surface area (Å²) in [5.74, 6) is 0.663. The second kappa shape index (κ2) is 7.17. The third-order valence-electron chi connectivity index (χ3n) is 3.01. The van der Waals surface area contributed by atoms with E-state index in [2.05, 4.69) is 41.3 Å². The van der Waals surface area contributed by atoms with Crippen molar-refractivity contribution in [3.05, 3.63) is 42.1 Å². The molecule has 22 heavy (non-hydrogen) atoms. The normalized spacial score (nSPS) is 11.3. The Morgan fingerprint density at radius 2 is 1.95 bits per heavy atom. The van der Waals surface area contributed by atoms with E-state index in [4.69, 9.17) is 0 Å². The summed E-state index contributed by atoms with van der Waals surface area (Å²) < 4.78 is 1.77. The molecule has 2 amide bonds. The molecule has 0 aliphatic rings. The van der Waals surface area contributed by atoms with Crippen molar-refractivity contribution >= 4 is 17.1 Å². The molecule has 1 aromatic carbocycles. The topological polar surface area (TPSA) is 59.0 Å². The van der Waals surface area contributed by atoms with Crippen molar-refractivity contribution in [2.45, 2.75) is 26.2 Å². The molecule has 117 valence electrons. The van der Waals surface area contributed by atoms with E-state index in [0.29, 0.717) is 5.82 Å². The van der Waals surface area contributed by atoms with Crippen LogP contribution in [0.2, 0.25) is 0 Å². The van der Waals surface area contributed by atoms with Gasteiger partial charge in [0, 0.05) is 0 Å². The zero-order valence-electron chi connectivity index (χ0n) is 13.2. The van der Waals surface area contributed by atoms with Crippen molar-refractivity contribution in [3.8, 4) is 5.69 Å². The first-order valence-corrected chi connectivity index (χ1v) is 10.4. The molecule has 7 heteroatoms. The average molecular weight is 410 g/mol. The van der Waals surface area contributed by atoms with Gasteiger partial charge in [0.1, 0.15) is 0 Å². The van der Waals surface area contributed by atoms with E-state index in [9.17, 15) is 4.79 Å². The van der Waals surface area contributed by atoms with Crippen LogP contribution in [0.25, 0.3) is 5.69 Å². The van der Waals surface area contributed by atoms with E-state index in [0.717, 1.165) is 11.4 Å². The number of urea groups is 1. The van der Waals surface area contributed by atoms with Crippen molar-refractivity contribution in [2.75, 3.05) is 10.2 Å². The van der Waals surface area contributed by atoms with Crippen molar-refractivity contribution in [2.24, 2.45) is 0 Å². The second-order valence-electron chi connectivity index (χ2n) is 5.84. The summed E-state index contributed by atoms with van der Waals surface area (Å²) in [6.07, 6.45) is 0. The van der Waals surface area contributed by atoms with Crippen LogP contribution in [0.1, 0.15) is 26.5 Å². The van der Waals surface area contributed by atoms with E-state index in [1.807, 2.05) is 41.7 Å². The van der Waals surface area contributed by atoms with Crippen LogP contribution in [-0.2, 0) is 5.41 Å². The number of halogens is 1. The monoisotopic (exact) mass is 410 g/mol. The minimum atomic E-state index is -0.237. The molecule has 1 heterocycles. The van der Waals surface area contributed by atoms with Crippen molar-refractivity contribution < 1.29 is 25.8 Å². The number of para-hydroxylation sites is 1.